The van der Waals surface area contributed by atoms with Gasteiger partial charge in [0.2, 0.25) is 5.91 Å². The highest BCUT2D eigenvalue weighted by molar-refractivity contribution is 5.85. The summed E-state index contributed by atoms with van der Waals surface area (Å²) in [6.07, 6.45) is 5.22. The monoisotopic (exact) mass is 278 g/mol. The molecule has 0 spiro atoms. The summed E-state index contributed by atoms with van der Waals surface area (Å²) in [6.45, 7) is 8.48. The van der Waals surface area contributed by atoms with Gasteiger partial charge in [-0.15, -0.1) is 19.0 Å². The third-order valence-corrected chi connectivity index (χ3v) is 2.60. The number of carbonyl (C=O) groups is 1. The van der Waals surface area contributed by atoms with E-state index in [2.05, 4.69) is 18.8 Å². The molecular weight excluding hydrogens is 252 g/mol. The molecule has 0 aromatic rings. The average molecular weight is 279 g/mol. The summed E-state index contributed by atoms with van der Waals surface area (Å²) < 4.78 is 5.37. The molecule has 0 heterocycles. The predicted octanol–water partition coefficient (Wildman–Crippen LogP) is 2.02. The van der Waals surface area contributed by atoms with E-state index in [1.165, 1.54) is 0 Å². The smallest absolute Gasteiger partial charge is 0.249 e. The molecule has 0 aliphatic heterocycles. The Morgan fingerprint density at radius 1 is 1.56 bits per heavy atom. The fourth-order valence-electron chi connectivity index (χ4n) is 1.42. The Hall–Kier alpha value is -0.580. The van der Waals surface area contributed by atoms with Crippen molar-refractivity contribution >= 4 is 18.3 Å². The second-order valence-corrected chi connectivity index (χ2v) is 4.17. The molecule has 18 heavy (non-hydrogen) atoms. The van der Waals surface area contributed by atoms with Crippen LogP contribution in [-0.4, -0.2) is 31.2 Å². The van der Waals surface area contributed by atoms with Crippen LogP contribution in [-0.2, 0) is 9.53 Å². The molecule has 0 aromatic carbocycles. The fourth-order valence-corrected chi connectivity index (χ4v) is 1.42. The van der Waals surface area contributed by atoms with E-state index in [-0.39, 0.29) is 24.4 Å². The largest absolute Gasteiger partial charge is 0.368 e. The van der Waals surface area contributed by atoms with Crippen LogP contribution < -0.4 is 11.1 Å². The van der Waals surface area contributed by atoms with E-state index in [1.807, 2.05) is 0 Å². The lowest BCUT2D eigenvalue weighted by molar-refractivity contribution is -0.132. The second-order valence-electron chi connectivity index (χ2n) is 4.17. The first-order valence-electron chi connectivity index (χ1n) is 6.38. The van der Waals surface area contributed by atoms with E-state index in [9.17, 15) is 4.79 Å². The average Bonchev–Trinajstić information content (AvgIpc) is 2.34. The fraction of sp³-hybridized carbons (Fsp3) is 0.769. The van der Waals surface area contributed by atoms with Crippen LogP contribution in [0.4, 0.5) is 0 Å². The van der Waals surface area contributed by atoms with E-state index < -0.39 is 6.10 Å². The summed E-state index contributed by atoms with van der Waals surface area (Å²) in [7, 11) is 0. The van der Waals surface area contributed by atoms with Crippen LogP contribution in [0.3, 0.4) is 0 Å². The van der Waals surface area contributed by atoms with Gasteiger partial charge in [0, 0.05) is 12.6 Å². The molecule has 1 amide bonds. The zero-order chi connectivity index (χ0) is 13.1. The van der Waals surface area contributed by atoms with E-state index in [4.69, 9.17) is 10.5 Å². The summed E-state index contributed by atoms with van der Waals surface area (Å²) in [5.74, 6) is -0.0828. The standard InChI is InChI=1S/C13H26N2O2.ClH/c1-4-6-8-12(10-14)15-13(16)11(3)17-9-7-5-2;/h5,11-12H,2,4,6-10,14H2,1,3H3,(H,15,16);1H. The summed E-state index contributed by atoms with van der Waals surface area (Å²) in [5.41, 5.74) is 5.61. The molecule has 0 aliphatic carbocycles. The van der Waals surface area contributed by atoms with Crippen LogP contribution >= 0.6 is 12.4 Å². The van der Waals surface area contributed by atoms with Crippen LogP contribution in [0.15, 0.2) is 12.7 Å². The van der Waals surface area contributed by atoms with Gasteiger partial charge in [0.25, 0.3) is 0 Å². The number of hydrogen-bond donors (Lipinski definition) is 2. The first-order valence-corrected chi connectivity index (χ1v) is 6.38. The Labute approximate surface area is 117 Å². The first kappa shape index (κ1) is 19.8. The van der Waals surface area contributed by atoms with Crippen LogP contribution in [0, 0.1) is 0 Å². The van der Waals surface area contributed by atoms with Gasteiger partial charge in [-0.25, -0.2) is 0 Å². The van der Waals surface area contributed by atoms with Crippen LogP contribution in [0.5, 0.6) is 0 Å². The van der Waals surface area contributed by atoms with E-state index in [0.717, 1.165) is 25.7 Å². The minimum atomic E-state index is -0.425. The van der Waals surface area contributed by atoms with Crippen molar-refractivity contribution in [2.45, 2.75) is 51.7 Å². The van der Waals surface area contributed by atoms with Crippen molar-refractivity contribution in [2.75, 3.05) is 13.2 Å². The van der Waals surface area contributed by atoms with Crippen molar-refractivity contribution in [1.29, 1.82) is 0 Å². The molecule has 2 unspecified atom stereocenters. The molecular formula is C13H27ClN2O2. The maximum atomic E-state index is 11.8. The molecule has 0 bridgehead atoms. The second kappa shape index (κ2) is 12.9. The molecule has 0 aliphatic rings. The van der Waals surface area contributed by atoms with Crippen molar-refractivity contribution in [3.8, 4) is 0 Å². The summed E-state index contributed by atoms with van der Waals surface area (Å²) in [6, 6.07) is 0.0629. The van der Waals surface area contributed by atoms with E-state index in [0.29, 0.717) is 13.2 Å². The lowest BCUT2D eigenvalue weighted by atomic mass is 10.1. The first-order chi connectivity index (χ1) is 8.15. The van der Waals surface area contributed by atoms with E-state index >= 15 is 0 Å². The van der Waals surface area contributed by atoms with Gasteiger partial charge in [-0.05, 0) is 19.8 Å². The van der Waals surface area contributed by atoms with E-state index in [1.54, 1.807) is 13.0 Å². The molecule has 0 saturated heterocycles. The number of nitrogens with two attached hydrogens (primary N) is 1. The molecule has 5 heteroatoms. The molecule has 0 radical (unpaired) electrons. The van der Waals surface area contributed by atoms with Gasteiger partial charge in [0.1, 0.15) is 6.10 Å². The molecule has 0 rings (SSSR count). The van der Waals surface area contributed by atoms with Gasteiger partial charge in [-0.1, -0.05) is 25.8 Å². The zero-order valence-electron chi connectivity index (χ0n) is 11.5. The molecule has 3 N–H and O–H groups in total. The van der Waals surface area contributed by atoms with Crippen molar-refractivity contribution in [3.63, 3.8) is 0 Å². The predicted molar refractivity (Wildman–Crippen MR) is 78.0 cm³/mol. The lowest BCUT2D eigenvalue weighted by Crippen LogP contribution is -2.45. The molecule has 0 saturated carbocycles. The highest BCUT2D eigenvalue weighted by Gasteiger charge is 2.16. The van der Waals surface area contributed by atoms with Gasteiger partial charge in [0.05, 0.1) is 6.61 Å². The van der Waals surface area contributed by atoms with Gasteiger partial charge >= 0.3 is 0 Å². The van der Waals surface area contributed by atoms with Crippen molar-refractivity contribution in [3.05, 3.63) is 12.7 Å². The number of halogens is 1. The Balaban J connectivity index is 0. The Kier molecular flexibility index (Phi) is 14.1. The molecule has 0 fully saturated rings. The molecule has 2 atom stereocenters. The third kappa shape index (κ3) is 9.45. The summed E-state index contributed by atoms with van der Waals surface area (Å²) in [5, 5.41) is 2.91. The lowest BCUT2D eigenvalue weighted by Gasteiger charge is -2.19. The Bertz CT molecular complexity index is 225. The maximum absolute atomic E-state index is 11.8. The number of hydrogen-bond acceptors (Lipinski definition) is 3. The van der Waals surface area contributed by atoms with Crippen LogP contribution in [0.1, 0.15) is 39.5 Å². The number of amides is 1. The van der Waals surface area contributed by atoms with Gasteiger partial charge in [0.15, 0.2) is 0 Å². The van der Waals surface area contributed by atoms with Crippen molar-refractivity contribution in [2.24, 2.45) is 5.73 Å². The van der Waals surface area contributed by atoms with Gasteiger partial charge < -0.3 is 15.8 Å². The molecule has 4 nitrogen and oxygen atoms in total. The highest BCUT2D eigenvalue weighted by Crippen LogP contribution is 2.01. The summed E-state index contributed by atoms with van der Waals surface area (Å²) in [4.78, 5) is 11.8. The van der Waals surface area contributed by atoms with Crippen molar-refractivity contribution < 1.29 is 9.53 Å². The molecule has 0 aromatic heterocycles. The van der Waals surface area contributed by atoms with Crippen molar-refractivity contribution in [1.82, 2.24) is 5.32 Å². The van der Waals surface area contributed by atoms with Gasteiger partial charge in [-0.3, -0.25) is 4.79 Å². The van der Waals surface area contributed by atoms with Gasteiger partial charge in [-0.2, -0.15) is 0 Å². The Morgan fingerprint density at radius 3 is 2.72 bits per heavy atom. The highest BCUT2D eigenvalue weighted by atomic mass is 35.5. The number of rotatable bonds is 10. The number of nitrogens with one attached hydrogen (secondary N) is 1. The molecule has 108 valence electrons. The minimum absolute atomic E-state index is 0. The summed E-state index contributed by atoms with van der Waals surface area (Å²) >= 11 is 0. The SMILES string of the molecule is C=CCCOC(C)C(=O)NC(CN)CCCC.Cl. The zero-order valence-corrected chi connectivity index (χ0v) is 12.3. The normalized spacial score (nSPS) is 13.3. The quantitative estimate of drug-likeness (QED) is 0.475. The number of carbonyl (C=O) groups excluding carboxylic acids is 1. The number of unbranched alkanes of at least 4 members (excludes halogenated alkanes) is 1. The third-order valence-electron chi connectivity index (χ3n) is 2.60. The minimum Gasteiger partial charge on any atom is -0.368 e. The Morgan fingerprint density at radius 2 is 2.22 bits per heavy atom. The van der Waals surface area contributed by atoms with Crippen LogP contribution in [0.2, 0.25) is 0 Å². The topological polar surface area (TPSA) is 64.3 Å². The maximum Gasteiger partial charge on any atom is 0.249 e. The number of ether oxygens (including phenoxy) is 1. The van der Waals surface area contributed by atoms with Crippen LogP contribution in [0.25, 0.3) is 0 Å².